The Morgan fingerprint density at radius 1 is 1.22 bits per heavy atom. The zero-order chi connectivity index (χ0) is 16.6. The Balaban J connectivity index is 1.77. The summed E-state index contributed by atoms with van der Waals surface area (Å²) in [6.45, 7) is 6.27. The van der Waals surface area contributed by atoms with Crippen LogP contribution in [0.1, 0.15) is 24.5 Å². The van der Waals surface area contributed by atoms with E-state index in [1.165, 1.54) is 0 Å². The number of anilines is 1. The molecule has 0 bridgehead atoms. The van der Waals surface area contributed by atoms with E-state index in [1.54, 1.807) is 18.1 Å². The van der Waals surface area contributed by atoms with Gasteiger partial charge in [-0.05, 0) is 38.1 Å². The summed E-state index contributed by atoms with van der Waals surface area (Å²) in [7, 11) is 1.76. The van der Waals surface area contributed by atoms with Gasteiger partial charge in [-0.3, -0.25) is 9.48 Å². The van der Waals surface area contributed by atoms with Crippen LogP contribution in [0.4, 0.5) is 5.69 Å². The Bertz CT molecular complexity index is 710. The standard InChI is InChI=1S/C16H20ClN5O/c1-16(2)10-21(13-6-4-12(17)5-7-13)8-9-22(16)15(23)14-18-11-20(3)19-14/h4-7,11H,8-10H2,1-3H3. The highest BCUT2D eigenvalue weighted by molar-refractivity contribution is 6.30. The first kappa shape index (κ1) is 15.8. The number of piperazine rings is 1. The van der Waals surface area contributed by atoms with E-state index in [1.807, 2.05) is 29.2 Å². The third-order valence-corrected chi connectivity index (χ3v) is 4.38. The second kappa shape index (κ2) is 5.85. The Morgan fingerprint density at radius 3 is 2.48 bits per heavy atom. The molecule has 0 saturated carbocycles. The van der Waals surface area contributed by atoms with Gasteiger partial charge in [0.25, 0.3) is 5.91 Å². The molecular weight excluding hydrogens is 314 g/mol. The molecule has 1 fully saturated rings. The molecular formula is C16H20ClN5O. The Hall–Kier alpha value is -2.08. The van der Waals surface area contributed by atoms with Crippen LogP contribution in [0.2, 0.25) is 5.02 Å². The average molecular weight is 334 g/mol. The molecule has 0 radical (unpaired) electrons. The van der Waals surface area contributed by atoms with Crippen molar-refractivity contribution in [1.82, 2.24) is 19.7 Å². The number of carbonyl (C=O) groups is 1. The maximum atomic E-state index is 12.7. The van der Waals surface area contributed by atoms with Gasteiger partial charge in [0.1, 0.15) is 6.33 Å². The fourth-order valence-electron chi connectivity index (χ4n) is 2.96. The summed E-state index contributed by atoms with van der Waals surface area (Å²) in [4.78, 5) is 20.9. The smallest absolute Gasteiger partial charge is 0.294 e. The molecule has 2 heterocycles. The molecule has 0 aliphatic carbocycles. The van der Waals surface area contributed by atoms with Crippen LogP contribution in [0.3, 0.4) is 0 Å². The van der Waals surface area contributed by atoms with E-state index in [0.717, 1.165) is 23.8 Å². The number of rotatable bonds is 2. The summed E-state index contributed by atoms with van der Waals surface area (Å²) in [5, 5.41) is 4.85. The van der Waals surface area contributed by atoms with Gasteiger partial charge in [-0.2, -0.15) is 0 Å². The van der Waals surface area contributed by atoms with Gasteiger partial charge >= 0.3 is 0 Å². The monoisotopic (exact) mass is 333 g/mol. The molecule has 1 aliphatic heterocycles. The number of amides is 1. The van der Waals surface area contributed by atoms with Crippen LogP contribution in [0.25, 0.3) is 0 Å². The van der Waals surface area contributed by atoms with Crippen LogP contribution in [0, 0.1) is 0 Å². The highest BCUT2D eigenvalue weighted by Crippen LogP contribution is 2.27. The van der Waals surface area contributed by atoms with Crippen LogP contribution in [0.5, 0.6) is 0 Å². The highest BCUT2D eigenvalue weighted by Gasteiger charge is 2.38. The van der Waals surface area contributed by atoms with Crippen molar-refractivity contribution in [3.05, 3.63) is 41.4 Å². The minimum Gasteiger partial charge on any atom is -0.367 e. The van der Waals surface area contributed by atoms with E-state index in [-0.39, 0.29) is 17.3 Å². The Morgan fingerprint density at radius 2 is 1.91 bits per heavy atom. The minimum atomic E-state index is -0.311. The number of halogens is 1. The van der Waals surface area contributed by atoms with Crippen LogP contribution >= 0.6 is 11.6 Å². The predicted molar refractivity (Wildman–Crippen MR) is 89.8 cm³/mol. The number of aromatic nitrogens is 3. The summed E-state index contributed by atoms with van der Waals surface area (Å²) in [5.41, 5.74) is 0.805. The van der Waals surface area contributed by atoms with E-state index >= 15 is 0 Å². The van der Waals surface area contributed by atoms with E-state index in [2.05, 4.69) is 28.8 Å². The van der Waals surface area contributed by atoms with Crippen molar-refractivity contribution in [3.8, 4) is 0 Å². The summed E-state index contributed by atoms with van der Waals surface area (Å²) < 4.78 is 1.55. The highest BCUT2D eigenvalue weighted by atomic mass is 35.5. The molecule has 0 unspecified atom stereocenters. The fourth-order valence-corrected chi connectivity index (χ4v) is 3.09. The quantitative estimate of drug-likeness (QED) is 0.845. The second-order valence-electron chi connectivity index (χ2n) is 6.41. The van der Waals surface area contributed by atoms with E-state index in [9.17, 15) is 4.79 Å². The first-order valence-electron chi connectivity index (χ1n) is 7.55. The molecule has 1 aromatic carbocycles. The molecule has 23 heavy (non-hydrogen) atoms. The molecule has 1 amide bonds. The van der Waals surface area contributed by atoms with Crippen LogP contribution < -0.4 is 4.90 Å². The molecule has 122 valence electrons. The first-order valence-corrected chi connectivity index (χ1v) is 7.93. The normalized spacial score (nSPS) is 17.4. The third kappa shape index (κ3) is 3.17. The molecule has 7 heteroatoms. The Labute approximate surface area is 140 Å². The number of aryl methyl sites for hydroxylation is 1. The van der Waals surface area contributed by atoms with Gasteiger partial charge in [-0.25, -0.2) is 4.98 Å². The SMILES string of the molecule is Cn1cnc(C(=O)N2CCN(c3ccc(Cl)cc3)CC2(C)C)n1. The van der Waals surface area contributed by atoms with Gasteiger partial charge in [0.2, 0.25) is 5.82 Å². The average Bonchev–Trinajstić information content (AvgIpc) is 2.93. The number of hydrogen-bond donors (Lipinski definition) is 0. The molecule has 0 spiro atoms. The molecule has 3 rings (SSSR count). The molecule has 1 aliphatic rings. The van der Waals surface area contributed by atoms with Crippen molar-refractivity contribution in [1.29, 1.82) is 0 Å². The van der Waals surface area contributed by atoms with Crippen molar-refractivity contribution in [2.75, 3.05) is 24.5 Å². The van der Waals surface area contributed by atoms with Crippen molar-refractivity contribution < 1.29 is 4.79 Å². The van der Waals surface area contributed by atoms with E-state index < -0.39 is 0 Å². The number of carbonyl (C=O) groups excluding carboxylic acids is 1. The molecule has 1 aromatic heterocycles. The van der Waals surface area contributed by atoms with E-state index in [4.69, 9.17) is 11.6 Å². The van der Waals surface area contributed by atoms with Crippen molar-refractivity contribution >= 4 is 23.2 Å². The van der Waals surface area contributed by atoms with Crippen molar-refractivity contribution in [2.45, 2.75) is 19.4 Å². The van der Waals surface area contributed by atoms with Crippen LogP contribution in [-0.4, -0.2) is 50.7 Å². The lowest BCUT2D eigenvalue weighted by atomic mass is 9.98. The molecule has 0 atom stereocenters. The van der Waals surface area contributed by atoms with Crippen molar-refractivity contribution in [3.63, 3.8) is 0 Å². The third-order valence-electron chi connectivity index (χ3n) is 4.13. The summed E-state index contributed by atoms with van der Waals surface area (Å²) >= 11 is 5.95. The fraction of sp³-hybridized carbons (Fsp3) is 0.438. The summed E-state index contributed by atoms with van der Waals surface area (Å²) in [6.07, 6.45) is 1.55. The number of hydrogen-bond acceptors (Lipinski definition) is 4. The lowest BCUT2D eigenvalue weighted by Crippen LogP contribution is -2.61. The van der Waals surface area contributed by atoms with Gasteiger partial charge in [0.05, 0.1) is 5.54 Å². The number of benzene rings is 1. The van der Waals surface area contributed by atoms with Gasteiger partial charge in [0.15, 0.2) is 0 Å². The lowest BCUT2D eigenvalue weighted by molar-refractivity contribution is 0.0501. The second-order valence-corrected chi connectivity index (χ2v) is 6.85. The van der Waals surface area contributed by atoms with Gasteiger partial charge in [0, 0.05) is 37.4 Å². The zero-order valence-electron chi connectivity index (χ0n) is 13.5. The van der Waals surface area contributed by atoms with Gasteiger partial charge in [-0.15, -0.1) is 5.10 Å². The number of nitrogens with zero attached hydrogens (tertiary/aromatic N) is 5. The summed E-state index contributed by atoms with van der Waals surface area (Å²) in [6, 6.07) is 7.80. The van der Waals surface area contributed by atoms with Crippen LogP contribution in [-0.2, 0) is 7.05 Å². The van der Waals surface area contributed by atoms with E-state index in [0.29, 0.717) is 6.54 Å². The molecule has 1 saturated heterocycles. The van der Waals surface area contributed by atoms with Crippen molar-refractivity contribution in [2.24, 2.45) is 7.05 Å². The predicted octanol–water partition coefficient (Wildman–Crippen LogP) is 2.21. The zero-order valence-corrected chi connectivity index (χ0v) is 14.3. The van der Waals surface area contributed by atoms with Crippen LogP contribution in [0.15, 0.2) is 30.6 Å². The molecule has 0 N–H and O–H groups in total. The lowest BCUT2D eigenvalue weighted by Gasteiger charge is -2.47. The largest absolute Gasteiger partial charge is 0.367 e. The summed E-state index contributed by atoms with van der Waals surface area (Å²) in [5.74, 6) is 0.131. The van der Waals surface area contributed by atoms with Gasteiger partial charge in [-0.1, -0.05) is 11.6 Å². The first-order chi connectivity index (χ1) is 10.9. The van der Waals surface area contributed by atoms with Gasteiger partial charge < -0.3 is 9.80 Å². The molecule has 2 aromatic rings. The molecule has 6 nitrogen and oxygen atoms in total. The maximum Gasteiger partial charge on any atom is 0.294 e. The maximum absolute atomic E-state index is 12.7. The Kier molecular flexibility index (Phi) is 4.02. The minimum absolute atomic E-state index is 0.119. The topological polar surface area (TPSA) is 54.3 Å².